The second-order valence-corrected chi connectivity index (χ2v) is 6.96. The highest BCUT2D eigenvalue weighted by molar-refractivity contribution is 6.45. The van der Waals surface area contributed by atoms with Gasteiger partial charge in [-0.1, -0.05) is 17.3 Å². The Morgan fingerprint density at radius 2 is 1.65 bits per heavy atom. The summed E-state index contributed by atoms with van der Waals surface area (Å²) in [6.07, 6.45) is 0.871. The van der Waals surface area contributed by atoms with Gasteiger partial charge in [-0.3, -0.25) is 4.79 Å². The molecule has 0 atom stereocenters. The van der Waals surface area contributed by atoms with Gasteiger partial charge in [0, 0.05) is 13.1 Å². The number of nitrogens with one attached hydrogen (secondary N) is 1. The van der Waals surface area contributed by atoms with E-state index in [1.54, 1.807) is 24.3 Å². The number of benzene rings is 2. The molecule has 1 aromatic heterocycles. The second kappa shape index (κ2) is 11.0. The Labute approximate surface area is 194 Å². The third-order valence-corrected chi connectivity index (χ3v) is 4.17. The Morgan fingerprint density at radius 1 is 1.00 bits per heavy atom. The quantitative estimate of drug-likeness (QED) is 0.367. The first-order valence-corrected chi connectivity index (χ1v) is 10.1. The van der Waals surface area contributed by atoms with Crippen LogP contribution >= 0.6 is 0 Å². The lowest BCUT2D eigenvalue weighted by Crippen LogP contribution is -2.29. The predicted octanol–water partition coefficient (Wildman–Crippen LogP) is 4.22. The number of ether oxygens (including phenoxy) is 3. The summed E-state index contributed by atoms with van der Waals surface area (Å²) < 4.78 is 46.0. The SMILES string of the molecule is CNC(=O)/C(=N/OC)c1ccc(F)cc1Oc1ncnc(Oc2ccccc2OC(C)C)c1F. The monoisotopic (exact) mass is 472 g/mol. The standard InChI is InChI=1S/C23H22F2N4O5/c1-13(2)32-16-7-5-6-8-17(16)33-22-19(25)23(28-12-27-22)34-18-11-14(24)9-10-15(18)20(29-31-4)21(30)26-3/h5-13H,1-4H3,(H,26,30)/b29-20+. The molecule has 178 valence electrons. The van der Waals surface area contributed by atoms with Gasteiger partial charge in [-0.25, -0.2) is 4.39 Å². The molecule has 0 aliphatic rings. The van der Waals surface area contributed by atoms with Crippen LogP contribution in [0.15, 0.2) is 53.9 Å². The van der Waals surface area contributed by atoms with Crippen molar-refractivity contribution in [2.75, 3.05) is 14.2 Å². The summed E-state index contributed by atoms with van der Waals surface area (Å²) in [4.78, 5) is 24.5. The van der Waals surface area contributed by atoms with Crippen LogP contribution in [0, 0.1) is 11.6 Å². The van der Waals surface area contributed by atoms with Gasteiger partial charge in [0.05, 0.1) is 11.7 Å². The van der Waals surface area contributed by atoms with E-state index in [1.807, 2.05) is 13.8 Å². The van der Waals surface area contributed by atoms with Gasteiger partial charge in [-0.15, -0.1) is 0 Å². The maximum absolute atomic E-state index is 15.2. The molecular weight excluding hydrogens is 450 g/mol. The van der Waals surface area contributed by atoms with Crippen molar-refractivity contribution in [2.45, 2.75) is 20.0 Å². The maximum atomic E-state index is 15.2. The Morgan fingerprint density at radius 3 is 2.26 bits per heavy atom. The minimum Gasteiger partial charge on any atom is -0.487 e. The number of carbonyl (C=O) groups excluding carboxylic acids is 1. The summed E-state index contributed by atoms with van der Waals surface area (Å²) in [6.45, 7) is 3.68. The van der Waals surface area contributed by atoms with E-state index in [4.69, 9.17) is 19.0 Å². The molecule has 0 radical (unpaired) electrons. The molecule has 0 bridgehead atoms. The van der Waals surface area contributed by atoms with Gasteiger partial charge >= 0.3 is 0 Å². The van der Waals surface area contributed by atoms with Crippen molar-refractivity contribution in [1.29, 1.82) is 0 Å². The number of hydrogen-bond donors (Lipinski definition) is 1. The molecule has 0 unspecified atom stereocenters. The number of amides is 1. The molecule has 34 heavy (non-hydrogen) atoms. The van der Waals surface area contributed by atoms with Gasteiger partial charge < -0.3 is 24.4 Å². The smallest absolute Gasteiger partial charge is 0.273 e. The average molecular weight is 472 g/mol. The lowest BCUT2D eigenvalue weighted by atomic mass is 10.1. The average Bonchev–Trinajstić information content (AvgIpc) is 2.81. The summed E-state index contributed by atoms with van der Waals surface area (Å²) in [5.74, 6) is -3.01. The molecule has 1 amide bonds. The normalized spacial score (nSPS) is 11.2. The second-order valence-electron chi connectivity index (χ2n) is 6.96. The molecule has 0 saturated heterocycles. The molecule has 1 heterocycles. The summed E-state index contributed by atoms with van der Waals surface area (Å²) in [7, 11) is 2.62. The number of rotatable bonds is 9. The Hall–Kier alpha value is -4.28. The van der Waals surface area contributed by atoms with Crippen molar-refractivity contribution in [3.8, 4) is 29.0 Å². The highest BCUT2D eigenvalue weighted by Crippen LogP contribution is 2.35. The van der Waals surface area contributed by atoms with Crippen LogP contribution in [0.5, 0.6) is 29.0 Å². The van der Waals surface area contributed by atoms with E-state index >= 15 is 4.39 Å². The summed E-state index contributed by atoms with van der Waals surface area (Å²) in [5.41, 5.74) is -0.176. The van der Waals surface area contributed by atoms with E-state index in [1.165, 1.54) is 20.2 Å². The molecule has 3 rings (SSSR count). The Bertz CT molecular complexity index is 1200. The number of aromatic nitrogens is 2. The molecule has 0 aliphatic carbocycles. The molecule has 2 aromatic carbocycles. The molecule has 3 aromatic rings. The van der Waals surface area contributed by atoms with Crippen LogP contribution in [-0.2, 0) is 9.63 Å². The molecule has 0 fully saturated rings. The highest BCUT2D eigenvalue weighted by Gasteiger charge is 2.23. The van der Waals surface area contributed by atoms with E-state index in [0.717, 1.165) is 18.5 Å². The van der Waals surface area contributed by atoms with Crippen molar-refractivity contribution in [3.05, 3.63) is 66.0 Å². The van der Waals surface area contributed by atoms with E-state index in [0.29, 0.717) is 5.75 Å². The van der Waals surface area contributed by atoms with E-state index in [9.17, 15) is 9.18 Å². The van der Waals surface area contributed by atoms with Crippen molar-refractivity contribution >= 4 is 11.6 Å². The fourth-order valence-electron chi connectivity index (χ4n) is 2.77. The van der Waals surface area contributed by atoms with Crippen molar-refractivity contribution in [3.63, 3.8) is 0 Å². The van der Waals surface area contributed by atoms with Gasteiger partial charge in [0.25, 0.3) is 17.7 Å². The van der Waals surface area contributed by atoms with Crippen LogP contribution in [0.4, 0.5) is 8.78 Å². The van der Waals surface area contributed by atoms with E-state index in [2.05, 4.69) is 20.4 Å². The molecule has 11 heteroatoms. The molecule has 9 nitrogen and oxygen atoms in total. The zero-order chi connectivity index (χ0) is 24.7. The third-order valence-electron chi connectivity index (χ3n) is 4.17. The van der Waals surface area contributed by atoms with Gasteiger partial charge in [-0.2, -0.15) is 14.4 Å². The van der Waals surface area contributed by atoms with Crippen LogP contribution < -0.4 is 19.5 Å². The van der Waals surface area contributed by atoms with Crippen LogP contribution in [0.1, 0.15) is 19.4 Å². The lowest BCUT2D eigenvalue weighted by Gasteiger charge is -2.15. The van der Waals surface area contributed by atoms with Gasteiger partial charge in [0.2, 0.25) is 5.82 Å². The van der Waals surface area contributed by atoms with Crippen molar-refractivity contribution in [2.24, 2.45) is 5.16 Å². The van der Waals surface area contributed by atoms with E-state index < -0.39 is 29.3 Å². The first kappa shape index (κ1) is 24.4. The van der Waals surface area contributed by atoms with Crippen LogP contribution in [-0.4, -0.2) is 41.8 Å². The number of oxime groups is 1. The maximum Gasteiger partial charge on any atom is 0.273 e. The van der Waals surface area contributed by atoms with Crippen LogP contribution in [0.25, 0.3) is 0 Å². The molecule has 1 N–H and O–H groups in total. The number of nitrogens with zero attached hydrogens (tertiary/aromatic N) is 3. The Balaban J connectivity index is 1.98. The number of hydrogen-bond acceptors (Lipinski definition) is 8. The predicted molar refractivity (Wildman–Crippen MR) is 118 cm³/mol. The molecule has 0 aliphatic heterocycles. The lowest BCUT2D eigenvalue weighted by molar-refractivity contribution is -0.114. The van der Waals surface area contributed by atoms with Crippen LogP contribution in [0.2, 0.25) is 0 Å². The van der Waals surface area contributed by atoms with Crippen molar-refractivity contribution < 1.29 is 32.6 Å². The number of carbonyl (C=O) groups is 1. The zero-order valence-corrected chi connectivity index (χ0v) is 18.8. The summed E-state index contributed by atoms with van der Waals surface area (Å²) >= 11 is 0. The first-order valence-electron chi connectivity index (χ1n) is 10.1. The largest absolute Gasteiger partial charge is 0.487 e. The topological polar surface area (TPSA) is 104 Å². The number of likely N-dealkylation sites (N-methyl/N-ethyl adjacent to an activating group) is 1. The molecule has 0 spiro atoms. The van der Waals surface area contributed by atoms with E-state index in [-0.39, 0.29) is 28.9 Å². The van der Waals surface area contributed by atoms with Gasteiger partial charge in [0.15, 0.2) is 17.2 Å². The fraction of sp³-hybridized carbons (Fsp3) is 0.217. The highest BCUT2D eigenvalue weighted by atomic mass is 19.1. The summed E-state index contributed by atoms with van der Waals surface area (Å²) in [5, 5.41) is 6.05. The third kappa shape index (κ3) is 5.74. The number of halogens is 2. The summed E-state index contributed by atoms with van der Waals surface area (Å²) in [6, 6.07) is 9.97. The van der Waals surface area contributed by atoms with Gasteiger partial charge in [-0.05, 0) is 38.1 Å². The zero-order valence-electron chi connectivity index (χ0n) is 18.8. The number of para-hydroxylation sites is 2. The first-order chi connectivity index (χ1) is 16.3. The van der Waals surface area contributed by atoms with Crippen molar-refractivity contribution in [1.82, 2.24) is 15.3 Å². The van der Waals surface area contributed by atoms with Crippen LogP contribution in [0.3, 0.4) is 0 Å². The minimum atomic E-state index is -1.05. The fourth-order valence-corrected chi connectivity index (χ4v) is 2.77. The van der Waals surface area contributed by atoms with Gasteiger partial charge in [0.1, 0.15) is 25.0 Å². The molecule has 0 saturated carbocycles. The molecular formula is C23H22F2N4O5. The minimum absolute atomic E-state index is 0.0405. The Kier molecular flexibility index (Phi) is 7.91.